The molecular weight excluding hydrogens is 334 g/mol. The molecule has 0 atom stereocenters. The summed E-state index contributed by atoms with van der Waals surface area (Å²) in [7, 11) is 0. The molecule has 0 heterocycles. The molecule has 3 rings (SSSR count). The Balaban J connectivity index is 1.70. The molecule has 0 fully saturated rings. The van der Waals surface area contributed by atoms with Gasteiger partial charge in [-0.15, -0.1) is 0 Å². The summed E-state index contributed by atoms with van der Waals surface area (Å²) in [5.74, 6) is 0. The van der Waals surface area contributed by atoms with Crippen LogP contribution in [0.1, 0.15) is 35.1 Å². The summed E-state index contributed by atoms with van der Waals surface area (Å²) in [6.07, 6.45) is 8.93. The van der Waals surface area contributed by atoms with Gasteiger partial charge in [0.2, 0.25) is 0 Å². The summed E-state index contributed by atoms with van der Waals surface area (Å²) < 4.78 is 4.82. The van der Waals surface area contributed by atoms with Crippen LogP contribution in [0.5, 0.6) is 0 Å². The molecule has 0 bridgehead atoms. The van der Waals surface area contributed by atoms with Gasteiger partial charge in [-0.3, -0.25) is 9.69 Å². The van der Waals surface area contributed by atoms with Crippen LogP contribution in [0.25, 0.3) is 0 Å². The van der Waals surface area contributed by atoms with Crippen molar-refractivity contribution < 1.29 is 9.53 Å². The molecule has 0 N–H and O–H groups in total. The van der Waals surface area contributed by atoms with Crippen LogP contribution in [-0.2, 0) is 29.2 Å². The van der Waals surface area contributed by atoms with Crippen LogP contribution in [0, 0.1) is 6.92 Å². The largest absolute Gasteiger partial charge is 0.463 e. The molecule has 3 nitrogen and oxygen atoms in total. The van der Waals surface area contributed by atoms with Crippen LogP contribution >= 0.6 is 0 Å². The van der Waals surface area contributed by atoms with Crippen LogP contribution in [0.4, 0.5) is 0 Å². The first-order valence-electron chi connectivity index (χ1n) is 9.48. The van der Waals surface area contributed by atoms with Gasteiger partial charge in [-0.05, 0) is 36.5 Å². The second-order valence-electron chi connectivity index (χ2n) is 7.15. The lowest BCUT2D eigenvalue weighted by Gasteiger charge is -2.25. The molecule has 1 aliphatic carbocycles. The fourth-order valence-corrected chi connectivity index (χ4v) is 3.32. The second kappa shape index (κ2) is 9.89. The molecule has 140 valence electrons. The number of carbonyl (C=O) groups excluding carboxylic acids is 1. The Labute approximate surface area is 162 Å². The Kier molecular flexibility index (Phi) is 7.00. The van der Waals surface area contributed by atoms with Gasteiger partial charge in [-0.2, -0.15) is 0 Å². The lowest BCUT2D eigenvalue weighted by Crippen LogP contribution is -2.25. The first kappa shape index (κ1) is 19.1. The summed E-state index contributed by atoms with van der Waals surface area (Å²) in [5.41, 5.74) is 6.39. The molecule has 2 aromatic rings. The monoisotopic (exact) mass is 361 g/mol. The molecule has 0 unspecified atom stereocenters. The summed E-state index contributed by atoms with van der Waals surface area (Å²) in [4.78, 5) is 12.8. The summed E-state index contributed by atoms with van der Waals surface area (Å²) >= 11 is 0. The van der Waals surface area contributed by atoms with Gasteiger partial charge in [0.1, 0.15) is 6.61 Å². The fraction of sp³-hybridized carbons (Fsp3) is 0.292. The van der Waals surface area contributed by atoms with Gasteiger partial charge in [0.05, 0.1) is 0 Å². The molecule has 0 aliphatic heterocycles. The zero-order valence-electron chi connectivity index (χ0n) is 15.9. The topological polar surface area (TPSA) is 29.5 Å². The van der Waals surface area contributed by atoms with Gasteiger partial charge < -0.3 is 4.74 Å². The third kappa shape index (κ3) is 6.22. The molecule has 0 saturated heterocycles. The average Bonchev–Trinajstić information content (AvgIpc) is 2.70. The molecular formula is C24H27NO2. The van der Waals surface area contributed by atoms with Crippen molar-refractivity contribution in [3.8, 4) is 0 Å². The maximum Gasteiger partial charge on any atom is 0.293 e. The van der Waals surface area contributed by atoms with Crippen LogP contribution in [0.3, 0.4) is 0 Å². The van der Waals surface area contributed by atoms with E-state index in [2.05, 4.69) is 66.4 Å². The van der Waals surface area contributed by atoms with Gasteiger partial charge >= 0.3 is 0 Å². The zero-order valence-corrected chi connectivity index (χ0v) is 15.9. The van der Waals surface area contributed by atoms with E-state index in [9.17, 15) is 4.79 Å². The lowest BCUT2D eigenvalue weighted by molar-refractivity contribution is -0.129. The SMILES string of the molecule is Cc1ccc(CN(CC2=CC=CCC2)Cc2ccc(COC=O)cc2)cc1. The average molecular weight is 361 g/mol. The van der Waals surface area contributed by atoms with E-state index in [4.69, 9.17) is 4.74 Å². The molecule has 0 amide bonds. The van der Waals surface area contributed by atoms with Crippen LogP contribution in [0.2, 0.25) is 0 Å². The first-order chi connectivity index (χ1) is 13.2. The van der Waals surface area contributed by atoms with Crippen molar-refractivity contribution >= 4 is 6.47 Å². The molecule has 27 heavy (non-hydrogen) atoms. The van der Waals surface area contributed by atoms with Crippen molar-refractivity contribution in [2.45, 2.75) is 39.5 Å². The maximum absolute atomic E-state index is 10.3. The number of hydrogen-bond acceptors (Lipinski definition) is 3. The number of nitrogens with zero attached hydrogens (tertiary/aromatic N) is 1. The Morgan fingerprint density at radius 1 is 0.926 bits per heavy atom. The predicted molar refractivity (Wildman–Crippen MR) is 109 cm³/mol. The van der Waals surface area contributed by atoms with E-state index in [0.717, 1.165) is 38.0 Å². The van der Waals surface area contributed by atoms with Crippen molar-refractivity contribution in [2.75, 3.05) is 6.54 Å². The molecule has 2 aromatic carbocycles. The molecule has 3 heteroatoms. The standard InChI is InChI=1S/C24H27NO2/c1-20-7-9-22(10-8-20)16-25(15-21-5-3-2-4-6-21)17-23-11-13-24(14-12-23)18-27-19-26/h2-3,5,7-14,19H,4,6,15-18H2,1H3. The first-order valence-corrected chi connectivity index (χ1v) is 9.48. The van der Waals surface area contributed by atoms with E-state index in [-0.39, 0.29) is 0 Å². The Morgan fingerprint density at radius 3 is 2.15 bits per heavy atom. The number of hydrogen-bond donors (Lipinski definition) is 0. The van der Waals surface area contributed by atoms with E-state index in [0.29, 0.717) is 13.1 Å². The van der Waals surface area contributed by atoms with Gasteiger partial charge in [-0.25, -0.2) is 0 Å². The summed E-state index contributed by atoms with van der Waals surface area (Å²) in [6.45, 7) is 5.74. The highest BCUT2D eigenvalue weighted by molar-refractivity contribution is 5.37. The van der Waals surface area contributed by atoms with Crippen molar-refractivity contribution in [3.05, 3.63) is 94.6 Å². The van der Waals surface area contributed by atoms with Crippen molar-refractivity contribution in [1.82, 2.24) is 4.90 Å². The third-order valence-corrected chi connectivity index (χ3v) is 4.80. The van der Waals surface area contributed by atoms with Crippen molar-refractivity contribution in [2.24, 2.45) is 0 Å². The van der Waals surface area contributed by atoms with Crippen LogP contribution in [-0.4, -0.2) is 17.9 Å². The fourth-order valence-electron chi connectivity index (χ4n) is 3.32. The minimum Gasteiger partial charge on any atom is -0.463 e. The van der Waals surface area contributed by atoms with Gasteiger partial charge in [0, 0.05) is 19.6 Å². The van der Waals surface area contributed by atoms with E-state index in [1.54, 1.807) is 0 Å². The van der Waals surface area contributed by atoms with E-state index < -0.39 is 0 Å². The zero-order chi connectivity index (χ0) is 18.9. The molecule has 0 radical (unpaired) electrons. The maximum atomic E-state index is 10.3. The number of allylic oxidation sites excluding steroid dienone is 3. The molecule has 0 saturated carbocycles. The van der Waals surface area contributed by atoms with E-state index in [1.807, 2.05) is 12.1 Å². The highest BCUT2D eigenvalue weighted by Crippen LogP contribution is 2.18. The quantitative estimate of drug-likeness (QED) is 0.592. The minimum atomic E-state index is 0.329. The van der Waals surface area contributed by atoms with Crippen LogP contribution < -0.4 is 0 Å². The lowest BCUT2D eigenvalue weighted by atomic mass is 10.0. The van der Waals surface area contributed by atoms with Gasteiger partial charge in [0.25, 0.3) is 6.47 Å². The Morgan fingerprint density at radius 2 is 1.56 bits per heavy atom. The highest BCUT2D eigenvalue weighted by Gasteiger charge is 2.11. The van der Waals surface area contributed by atoms with Crippen molar-refractivity contribution in [3.63, 3.8) is 0 Å². The number of ether oxygens (including phenoxy) is 1. The van der Waals surface area contributed by atoms with Crippen molar-refractivity contribution in [1.29, 1.82) is 0 Å². The Hall–Kier alpha value is -2.65. The Bertz CT molecular complexity index is 788. The molecule has 0 aromatic heterocycles. The van der Waals surface area contributed by atoms with Gasteiger partial charge in [-0.1, -0.05) is 77.9 Å². The van der Waals surface area contributed by atoms with E-state index in [1.165, 1.54) is 22.3 Å². The van der Waals surface area contributed by atoms with E-state index >= 15 is 0 Å². The van der Waals surface area contributed by atoms with Crippen LogP contribution in [0.15, 0.2) is 72.3 Å². The predicted octanol–water partition coefficient (Wildman–Crippen LogP) is 4.95. The number of carbonyl (C=O) groups is 1. The normalized spacial score (nSPS) is 13.5. The third-order valence-electron chi connectivity index (χ3n) is 4.80. The molecule has 0 spiro atoms. The molecule has 1 aliphatic rings. The highest BCUT2D eigenvalue weighted by atomic mass is 16.5. The number of aryl methyl sites for hydroxylation is 1. The number of benzene rings is 2. The summed E-state index contributed by atoms with van der Waals surface area (Å²) in [6, 6.07) is 17.1. The summed E-state index contributed by atoms with van der Waals surface area (Å²) in [5, 5.41) is 0. The second-order valence-corrected chi connectivity index (χ2v) is 7.15. The van der Waals surface area contributed by atoms with Gasteiger partial charge in [0.15, 0.2) is 0 Å². The minimum absolute atomic E-state index is 0.329. The smallest absolute Gasteiger partial charge is 0.293 e. The number of rotatable bonds is 9.